The normalized spacial score (nSPS) is 11.3. The van der Waals surface area contributed by atoms with Gasteiger partial charge in [-0.15, -0.1) is 0 Å². The predicted octanol–water partition coefficient (Wildman–Crippen LogP) is 4.37. The third-order valence-corrected chi connectivity index (χ3v) is 4.76. The summed E-state index contributed by atoms with van der Waals surface area (Å²) in [5.41, 5.74) is 0. The molecule has 2 aromatic rings. The lowest BCUT2D eigenvalue weighted by Crippen LogP contribution is -2.10. The number of hydrogen-bond donors (Lipinski definition) is 0. The van der Waals surface area contributed by atoms with Crippen molar-refractivity contribution in [1.29, 1.82) is 0 Å². The van der Waals surface area contributed by atoms with E-state index in [9.17, 15) is 8.42 Å². The molecule has 0 saturated carbocycles. The molecule has 0 spiro atoms. The molecule has 0 aliphatic rings. The molecule has 3 nitrogen and oxygen atoms in total. The zero-order chi connectivity index (χ0) is 14.0. The summed E-state index contributed by atoms with van der Waals surface area (Å²) in [7, 11) is -3.95. The maximum absolute atomic E-state index is 12.1. The molecule has 0 saturated heterocycles. The third-order valence-electron chi connectivity index (χ3n) is 2.21. The molecule has 19 heavy (non-hydrogen) atoms. The second kappa shape index (κ2) is 5.87. The minimum Gasteiger partial charge on any atom is -0.376 e. The summed E-state index contributed by atoms with van der Waals surface area (Å²) < 4.78 is 30.1. The van der Waals surface area contributed by atoms with Gasteiger partial charge in [0.15, 0.2) is 5.75 Å². The Labute approximate surface area is 134 Å². The van der Waals surface area contributed by atoms with Crippen molar-refractivity contribution in [3.05, 3.63) is 56.1 Å². The van der Waals surface area contributed by atoms with Crippen molar-refractivity contribution < 1.29 is 12.6 Å². The highest BCUT2D eigenvalue weighted by Crippen LogP contribution is 2.34. The van der Waals surface area contributed by atoms with E-state index in [-0.39, 0.29) is 20.7 Å². The summed E-state index contributed by atoms with van der Waals surface area (Å²) in [6.45, 7) is 0. The summed E-state index contributed by atoms with van der Waals surface area (Å²) in [5, 5.41) is 0.281. The molecule has 0 bridgehead atoms. The van der Waals surface area contributed by atoms with Crippen LogP contribution in [0.1, 0.15) is 0 Å². The van der Waals surface area contributed by atoms with Crippen LogP contribution in [0.25, 0.3) is 0 Å². The van der Waals surface area contributed by atoms with E-state index >= 15 is 0 Å². The second-order valence-corrected chi connectivity index (χ2v) is 7.15. The van der Waals surface area contributed by atoms with Gasteiger partial charge in [-0.1, -0.05) is 29.3 Å². The standard InChI is InChI=1S/C12H7Cl2IO3S/c13-10-2-1-3-11(14)12(10)18-19(16,17)9-6-4-8(15)5-7-9/h1-7H. The summed E-state index contributed by atoms with van der Waals surface area (Å²) in [4.78, 5) is 0.0453. The van der Waals surface area contributed by atoms with Crippen molar-refractivity contribution in [3.8, 4) is 5.75 Å². The van der Waals surface area contributed by atoms with E-state index < -0.39 is 10.1 Å². The van der Waals surface area contributed by atoms with Crippen LogP contribution >= 0.6 is 45.8 Å². The van der Waals surface area contributed by atoms with Crippen molar-refractivity contribution in [1.82, 2.24) is 0 Å². The van der Waals surface area contributed by atoms with Crippen molar-refractivity contribution in [2.45, 2.75) is 4.90 Å². The van der Waals surface area contributed by atoms with E-state index in [2.05, 4.69) is 22.6 Å². The molecule has 0 aliphatic carbocycles. The molecule has 0 heterocycles. The maximum atomic E-state index is 12.1. The Bertz CT molecular complexity index is 679. The lowest BCUT2D eigenvalue weighted by molar-refractivity contribution is 0.486. The van der Waals surface area contributed by atoms with Crippen LogP contribution in [0.4, 0.5) is 0 Å². The highest BCUT2D eigenvalue weighted by Gasteiger charge is 2.20. The smallest absolute Gasteiger partial charge is 0.339 e. The molecule has 0 aromatic heterocycles. The van der Waals surface area contributed by atoms with Crippen LogP contribution in [0.2, 0.25) is 10.0 Å². The van der Waals surface area contributed by atoms with Gasteiger partial charge in [0, 0.05) is 3.57 Å². The molecule has 100 valence electrons. The van der Waals surface area contributed by atoms with E-state index in [1.807, 2.05) is 0 Å². The first kappa shape index (κ1) is 14.9. The number of rotatable bonds is 3. The van der Waals surface area contributed by atoms with Gasteiger partial charge in [-0.2, -0.15) is 8.42 Å². The summed E-state index contributed by atoms with van der Waals surface area (Å²) in [6.07, 6.45) is 0. The fourth-order valence-corrected chi connectivity index (χ4v) is 3.21. The van der Waals surface area contributed by atoms with Crippen LogP contribution < -0.4 is 4.18 Å². The Balaban J connectivity index is 2.39. The first-order valence-corrected chi connectivity index (χ1v) is 8.28. The number of para-hydroxylation sites is 1. The Morgan fingerprint density at radius 2 is 1.47 bits per heavy atom. The predicted molar refractivity (Wildman–Crippen MR) is 83.4 cm³/mol. The highest BCUT2D eigenvalue weighted by atomic mass is 127. The SMILES string of the molecule is O=S(=O)(Oc1c(Cl)cccc1Cl)c1ccc(I)cc1. The van der Waals surface area contributed by atoms with Crippen molar-refractivity contribution in [2.24, 2.45) is 0 Å². The molecule has 0 amide bonds. The van der Waals surface area contributed by atoms with Crippen LogP contribution in [0.3, 0.4) is 0 Å². The van der Waals surface area contributed by atoms with E-state index in [1.165, 1.54) is 24.3 Å². The highest BCUT2D eigenvalue weighted by molar-refractivity contribution is 14.1. The Hall–Kier alpha value is -0.500. The molecular weight excluding hydrogens is 422 g/mol. The van der Waals surface area contributed by atoms with Gasteiger partial charge in [0.1, 0.15) is 4.90 Å². The van der Waals surface area contributed by atoms with Gasteiger partial charge in [-0.25, -0.2) is 0 Å². The monoisotopic (exact) mass is 428 g/mol. The van der Waals surface area contributed by atoms with Gasteiger partial charge >= 0.3 is 10.1 Å². The number of benzene rings is 2. The molecule has 2 aromatic carbocycles. The molecule has 0 aliphatic heterocycles. The van der Waals surface area contributed by atoms with Crippen LogP contribution in [-0.2, 0) is 10.1 Å². The molecule has 0 radical (unpaired) electrons. The lowest BCUT2D eigenvalue weighted by Gasteiger charge is -2.09. The summed E-state index contributed by atoms with van der Waals surface area (Å²) >= 11 is 13.8. The number of hydrogen-bond acceptors (Lipinski definition) is 3. The van der Waals surface area contributed by atoms with Gasteiger partial charge in [-0.3, -0.25) is 0 Å². The molecule has 2 rings (SSSR count). The Morgan fingerprint density at radius 3 is 2.00 bits per heavy atom. The molecular formula is C12H7Cl2IO3S. The fraction of sp³-hybridized carbons (Fsp3) is 0. The van der Waals surface area contributed by atoms with Crippen LogP contribution in [0, 0.1) is 3.57 Å². The maximum Gasteiger partial charge on any atom is 0.339 e. The van der Waals surface area contributed by atoms with Crippen LogP contribution in [-0.4, -0.2) is 8.42 Å². The molecule has 0 fully saturated rings. The van der Waals surface area contributed by atoms with E-state index in [1.54, 1.807) is 18.2 Å². The van der Waals surface area contributed by atoms with E-state index in [0.717, 1.165) is 3.57 Å². The van der Waals surface area contributed by atoms with Crippen molar-refractivity contribution >= 4 is 55.9 Å². The first-order chi connectivity index (χ1) is 8.90. The first-order valence-electron chi connectivity index (χ1n) is 5.04. The average Bonchev–Trinajstić information content (AvgIpc) is 2.35. The van der Waals surface area contributed by atoms with Crippen molar-refractivity contribution in [3.63, 3.8) is 0 Å². The van der Waals surface area contributed by atoms with E-state index in [0.29, 0.717) is 0 Å². The summed E-state index contributed by atoms with van der Waals surface area (Å²) in [5.74, 6) is -0.0654. The minimum absolute atomic E-state index is 0.0453. The van der Waals surface area contributed by atoms with Crippen LogP contribution in [0.15, 0.2) is 47.4 Å². The van der Waals surface area contributed by atoms with E-state index in [4.69, 9.17) is 27.4 Å². The van der Waals surface area contributed by atoms with Gasteiger partial charge in [0.2, 0.25) is 0 Å². The lowest BCUT2D eigenvalue weighted by atomic mass is 10.3. The quantitative estimate of drug-likeness (QED) is 0.538. The van der Waals surface area contributed by atoms with Crippen molar-refractivity contribution in [2.75, 3.05) is 0 Å². The zero-order valence-corrected chi connectivity index (χ0v) is 13.8. The fourth-order valence-electron chi connectivity index (χ4n) is 1.32. The zero-order valence-electron chi connectivity index (χ0n) is 9.31. The minimum atomic E-state index is -3.95. The third kappa shape index (κ3) is 3.53. The largest absolute Gasteiger partial charge is 0.376 e. The van der Waals surface area contributed by atoms with Gasteiger partial charge in [0.05, 0.1) is 10.0 Å². The van der Waals surface area contributed by atoms with Crippen LogP contribution in [0.5, 0.6) is 5.75 Å². The Kier molecular flexibility index (Phi) is 4.60. The second-order valence-electron chi connectivity index (χ2n) is 3.54. The molecule has 7 heteroatoms. The number of halogens is 3. The average molecular weight is 429 g/mol. The summed E-state index contributed by atoms with van der Waals surface area (Å²) in [6, 6.07) is 10.9. The Morgan fingerprint density at radius 1 is 0.947 bits per heavy atom. The molecule has 0 N–H and O–H groups in total. The van der Waals surface area contributed by atoms with Gasteiger partial charge in [0.25, 0.3) is 0 Å². The van der Waals surface area contributed by atoms with Gasteiger partial charge < -0.3 is 4.18 Å². The molecule has 0 unspecified atom stereocenters. The topological polar surface area (TPSA) is 43.4 Å². The van der Waals surface area contributed by atoms with Gasteiger partial charge in [-0.05, 0) is 59.0 Å². The molecule has 0 atom stereocenters.